The van der Waals surface area contributed by atoms with Crippen molar-refractivity contribution in [2.24, 2.45) is 5.84 Å². The number of hydrogen-bond donors (Lipinski definition) is 2. The summed E-state index contributed by atoms with van der Waals surface area (Å²) >= 11 is 0. The predicted molar refractivity (Wildman–Crippen MR) is 86.0 cm³/mol. The van der Waals surface area contributed by atoms with Crippen LogP contribution in [-0.2, 0) is 6.54 Å². The first-order valence-corrected chi connectivity index (χ1v) is 7.06. The first-order chi connectivity index (χ1) is 10.2. The summed E-state index contributed by atoms with van der Waals surface area (Å²) in [4.78, 5) is 14.1. The summed E-state index contributed by atoms with van der Waals surface area (Å²) in [6.07, 6.45) is 0. The molecule has 0 radical (unpaired) electrons. The molecule has 21 heavy (non-hydrogen) atoms. The van der Waals surface area contributed by atoms with Crippen molar-refractivity contribution in [3.8, 4) is 0 Å². The summed E-state index contributed by atoms with van der Waals surface area (Å²) in [5.74, 6) is 4.99. The zero-order valence-corrected chi connectivity index (χ0v) is 12.5. The quantitative estimate of drug-likeness (QED) is 0.504. The number of aryl methyl sites for hydroxylation is 1. The molecule has 0 aromatic heterocycles. The van der Waals surface area contributed by atoms with Gasteiger partial charge in [0.1, 0.15) is 0 Å². The average Bonchev–Trinajstić information content (AvgIpc) is 2.53. The van der Waals surface area contributed by atoms with Crippen LogP contribution in [0, 0.1) is 6.92 Å². The third-order valence-electron chi connectivity index (χ3n) is 3.54. The topological polar surface area (TPSA) is 58.4 Å². The van der Waals surface area contributed by atoms with Crippen molar-refractivity contribution < 1.29 is 4.79 Å². The smallest absolute Gasteiger partial charge is 0.265 e. The van der Waals surface area contributed by atoms with Crippen LogP contribution in [0.5, 0.6) is 0 Å². The summed E-state index contributed by atoms with van der Waals surface area (Å²) in [5, 5.41) is 0. The molecular formula is C17H21N3O. The number of rotatable bonds is 5. The van der Waals surface area contributed by atoms with Gasteiger partial charge in [-0.25, -0.2) is 5.84 Å². The number of hydrazine groups is 1. The fourth-order valence-electron chi connectivity index (χ4n) is 2.30. The highest BCUT2D eigenvalue weighted by atomic mass is 16.2. The summed E-state index contributed by atoms with van der Waals surface area (Å²) in [7, 11) is 0. The van der Waals surface area contributed by atoms with Crippen LogP contribution < -0.4 is 16.2 Å². The molecule has 2 aromatic carbocycles. The van der Waals surface area contributed by atoms with Crippen molar-refractivity contribution in [1.82, 2.24) is 5.43 Å². The Kier molecular flexibility index (Phi) is 4.95. The van der Waals surface area contributed by atoms with E-state index in [1.54, 1.807) is 6.07 Å². The molecule has 2 rings (SSSR count). The first-order valence-electron chi connectivity index (χ1n) is 7.06. The highest BCUT2D eigenvalue weighted by Crippen LogP contribution is 2.19. The second-order valence-electron chi connectivity index (χ2n) is 4.98. The Hall–Kier alpha value is -2.33. The van der Waals surface area contributed by atoms with Crippen molar-refractivity contribution in [3.05, 3.63) is 65.2 Å². The molecule has 4 heteroatoms. The summed E-state index contributed by atoms with van der Waals surface area (Å²) in [5.41, 5.74) is 6.16. The number of hydrogen-bond acceptors (Lipinski definition) is 3. The average molecular weight is 283 g/mol. The van der Waals surface area contributed by atoms with E-state index in [0.29, 0.717) is 12.1 Å². The number of nitrogen functional groups attached to an aromatic ring is 1. The van der Waals surface area contributed by atoms with Crippen LogP contribution in [0.4, 0.5) is 5.69 Å². The van der Waals surface area contributed by atoms with Crippen LogP contribution in [0.1, 0.15) is 28.4 Å². The van der Waals surface area contributed by atoms with Crippen LogP contribution in [0.3, 0.4) is 0 Å². The van der Waals surface area contributed by atoms with E-state index >= 15 is 0 Å². The normalized spacial score (nSPS) is 10.2. The number of nitrogens with two attached hydrogens (primary N) is 1. The number of anilines is 1. The summed E-state index contributed by atoms with van der Waals surface area (Å²) in [6, 6.07) is 15.9. The largest absolute Gasteiger partial charge is 0.367 e. The predicted octanol–water partition coefficient (Wildman–Crippen LogP) is 2.63. The molecule has 0 heterocycles. The third-order valence-corrected chi connectivity index (χ3v) is 3.54. The number of benzene rings is 2. The van der Waals surface area contributed by atoms with Crippen LogP contribution in [0.15, 0.2) is 48.5 Å². The lowest BCUT2D eigenvalue weighted by Crippen LogP contribution is -2.32. The molecule has 0 aliphatic heterocycles. The van der Waals surface area contributed by atoms with Crippen molar-refractivity contribution >= 4 is 11.6 Å². The lowest BCUT2D eigenvalue weighted by Gasteiger charge is -2.24. The molecule has 3 N–H and O–H groups in total. The molecule has 1 amide bonds. The number of amides is 1. The minimum absolute atomic E-state index is 0.259. The highest BCUT2D eigenvalue weighted by Gasteiger charge is 2.12. The fraction of sp³-hybridized carbons (Fsp3) is 0.235. The van der Waals surface area contributed by atoms with E-state index in [1.807, 2.05) is 18.2 Å². The molecule has 0 spiro atoms. The van der Waals surface area contributed by atoms with Crippen molar-refractivity contribution in [2.45, 2.75) is 20.4 Å². The van der Waals surface area contributed by atoms with E-state index in [-0.39, 0.29) is 5.91 Å². The monoisotopic (exact) mass is 283 g/mol. The van der Waals surface area contributed by atoms with Gasteiger partial charge in [0.15, 0.2) is 0 Å². The zero-order chi connectivity index (χ0) is 15.2. The third kappa shape index (κ3) is 3.61. The van der Waals surface area contributed by atoms with E-state index in [1.165, 1.54) is 5.56 Å². The maximum absolute atomic E-state index is 11.8. The standard InChI is InChI=1S/C17H21N3O/c1-3-20(15-10-8-13(2)9-11-15)12-14-6-4-5-7-16(14)17(21)19-18/h4-11H,3,12,18H2,1-2H3,(H,19,21). The van der Waals surface area contributed by atoms with Crippen molar-refractivity contribution in [3.63, 3.8) is 0 Å². The molecule has 0 saturated heterocycles. The second kappa shape index (κ2) is 6.90. The van der Waals surface area contributed by atoms with Gasteiger partial charge >= 0.3 is 0 Å². The van der Waals surface area contributed by atoms with Gasteiger partial charge in [-0.3, -0.25) is 10.2 Å². The van der Waals surface area contributed by atoms with Crippen LogP contribution in [0.25, 0.3) is 0 Å². The lowest BCUT2D eigenvalue weighted by molar-refractivity contribution is 0.0952. The Bertz CT molecular complexity index is 608. The van der Waals surface area contributed by atoms with Gasteiger partial charge in [-0.05, 0) is 37.6 Å². The SMILES string of the molecule is CCN(Cc1ccccc1C(=O)NN)c1ccc(C)cc1. The Morgan fingerprint density at radius 3 is 2.43 bits per heavy atom. The van der Waals surface area contributed by atoms with Crippen molar-refractivity contribution in [2.75, 3.05) is 11.4 Å². The van der Waals surface area contributed by atoms with Crippen molar-refractivity contribution in [1.29, 1.82) is 0 Å². The Morgan fingerprint density at radius 2 is 1.81 bits per heavy atom. The van der Waals surface area contributed by atoms with Gasteiger partial charge in [-0.15, -0.1) is 0 Å². The lowest BCUT2D eigenvalue weighted by atomic mass is 10.1. The number of carbonyl (C=O) groups excluding carboxylic acids is 1. The molecule has 0 atom stereocenters. The van der Waals surface area contributed by atoms with E-state index in [0.717, 1.165) is 17.8 Å². The molecule has 4 nitrogen and oxygen atoms in total. The van der Waals surface area contributed by atoms with E-state index in [2.05, 4.69) is 48.4 Å². The molecule has 0 fully saturated rings. The van der Waals surface area contributed by atoms with Gasteiger partial charge in [0.2, 0.25) is 0 Å². The minimum Gasteiger partial charge on any atom is -0.367 e. The molecular weight excluding hydrogens is 262 g/mol. The molecule has 0 unspecified atom stereocenters. The second-order valence-corrected chi connectivity index (χ2v) is 4.98. The maximum Gasteiger partial charge on any atom is 0.265 e. The van der Waals surface area contributed by atoms with E-state index < -0.39 is 0 Å². The van der Waals surface area contributed by atoms with Gasteiger partial charge in [-0.2, -0.15) is 0 Å². The minimum atomic E-state index is -0.259. The summed E-state index contributed by atoms with van der Waals surface area (Å²) in [6.45, 7) is 5.71. The maximum atomic E-state index is 11.8. The molecule has 0 saturated carbocycles. The summed E-state index contributed by atoms with van der Waals surface area (Å²) < 4.78 is 0. The Morgan fingerprint density at radius 1 is 1.14 bits per heavy atom. The van der Waals surface area contributed by atoms with E-state index in [9.17, 15) is 4.79 Å². The number of nitrogens with zero attached hydrogens (tertiary/aromatic N) is 1. The molecule has 2 aromatic rings. The Balaban J connectivity index is 2.27. The van der Waals surface area contributed by atoms with Gasteiger partial charge in [0, 0.05) is 24.3 Å². The molecule has 0 aliphatic rings. The van der Waals surface area contributed by atoms with Gasteiger partial charge < -0.3 is 4.90 Å². The van der Waals surface area contributed by atoms with Crippen LogP contribution >= 0.6 is 0 Å². The zero-order valence-electron chi connectivity index (χ0n) is 12.5. The Labute approximate surface area is 125 Å². The molecule has 0 bridgehead atoms. The molecule has 110 valence electrons. The number of carbonyl (C=O) groups is 1. The van der Waals surface area contributed by atoms with E-state index in [4.69, 9.17) is 5.84 Å². The van der Waals surface area contributed by atoms with Gasteiger partial charge in [0.25, 0.3) is 5.91 Å². The van der Waals surface area contributed by atoms with Crippen LogP contribution in [-0.4, -0.2) is 12.5 Å². The molecule has 0 aliphatic carbocycles. The highest BCUT2D eigenvalue weighted by molar-refractivity contribution is 5.95. The van der Waals surface area contributed by atoms with Crippen LogP contribution in [0.2, 0.25) is 0 Å². The number of nitrogens with one attached hydrogen (secondary N) is 1. The van der Waals surface area contributed by atoms with Gasteiger partial charge in [-0.1, -0.05) is 35.9 Å². The van der Waals surface area contributed by atoms with Gasteiger partial charge in [0.05, 0.1) is 0 Å². The fourth-order valence-corrected chi connectivity index (χ4v) is 2.30. The first kappa shape index (κ1) is 15.1.